The number of esters is 1. The van der Waals surface area contributed by atoms with Crippen LogP contribution in [0.1, 0.15) is 16.3 Å². The van der Waals surface area contributed by atoms with Crippen molar-refractivity contribution < 1.29 is 28.8 Å². The Balaban J connectivity index is 1.23. The second kappa shape index (κ2) is 13.3. The number of thiophene rings is 1. The molecule has 1 fully saturated rings. The number of benzene rings is 1. The van der Waals surface area contributed by atoms with Crippen LogP contribution in [0.3, 0.4) is 0 Å². The van der Waals surface area contributed by atoms with Gasteiger partial charge in [-0.05, 0) is 45.1 Å². The fourth-order valence-corrected chi connectivity index (χ4v) is 7.89. The minimum absolute atomic E-state index is 0.0144. The number of aromatic nitrogens is 8. The molecule has 0 spiro atoms. The van der Waals surface area contributed by atoms with E-state index in [1.54, 1.807) is 0 Å². The standard InChI is InChI=1S/C25H23N11O7S3/c1-42-25(26-19(37)9-17-3-2-8-44-17)22(39)35-20(21(38)43-11-14-4-6-16(7-5-14)36(40)41)15(12-45-23(25)35)13-46-24-29-32-33-34(24)10-18-27-30-31-28-18/h2-8,23H,9-13H2,1H3,(H,26,37)(H,27,28,30,31). The molecular formula is C25H23N11O7S3. The third kappa shape index (κ3) is 6.21. The molecule has 21 heteroatoms. The molecule has 2 amide bonds. The topological polar surface area (TPSA) is 226 Å². The van der Waals surface area contributed by atoms with E-state index in [4.69, 9.17) is 9.47 Å². The van der Waals surface area contributed by atoms with Crippen molar-refractivity contribution in [2.24, 2.45) is 0 Å². The number of ether oxygens (including phenoxy) is 2. The summed E-state index contributed by atoms with van der Waals surface area (Å²) in [5.74, 6) is -0.945. The van der Waals surface area contributed by atoms with Gasteiger partial charge in [-0.3, -0.25) is 24.6 Å². The van der Waals surface area contributed by atoms with Gasteiger partial charge in [-0.2, -0.15) is 5.21 Å². The Bertz CT molecular complexity index is 1780. The maximum Gasteiger partial charge on any atom is 0.355 e. The molecule has 6 rings (SSSR count). The zero-order valence-electron chi connectivity index (χ0n) is 23.8. The molecule has 4 aromatic rings. The van der Waals surface area contributed by atoms with Gasteiger partial charge in [0.1, 0.15) is 24.2 Å². The number of nitrogens with zero attached hydrogens (tertiary/aromatic N) is 9. The highest BCUT2D eigenvalue weighted by Crippen LogP contribution is 2.47. The number of rotatable bonds is 13. The summed E-state index contributed by atoms with van der Waals surface area (Å²) < 4.78 is 12.7. The minimum Gasteiger partial charge on any atom is -0.456 e. The summed E-state index contributed by atoms with van der Waals surface area (Å²) in [5, 5.41) is 40.7. The summed E-state index contributed by atoms with van der Waals surface area (Å²) >= 11 is 3.97. The molecule has 238 valence electrons. The molecule has 2 N–H and O–H groups in total. The van der Waals surface area contributed by atoms with Crippen molar-refractivity contribution in [1.29, 1.82) is 0 Å². The number of amides is 2. The fourth-order valence-electron chi connectivity index (χ4n) is 4.73. The van der Waals surface area contributed by atoms with E-state index in [1.165, 1.54) is 75.8 Å². The summed E-state index contributed by atoms with van der Waals surface area (Å²) in [6, 6.07) is 9.22. The van der Waals surface area contributed by atoms with Gasteiger partial charge in [0.2, 0.25) is 11.1 Å². The summed E-state index contributed by atoms with van der Waals surface area (Å²) in [6.07, 6.45) is 0.0634. The van der Waals surface area contributed by atoms with Crippen LogP contribution in [0.2, 0.25) is 0 Å². The Morgan fingerprint density at radius 3 is 2.78 bits per heavy atom. The maximum atomic E-state index is 13.8. The normalized spacial score (nSPS) is 19.0. The molecule has 46 heavy (non-hydrogen) atoms. The molecule has 2 unspecified atom stereocenters. The van der Waals surface area contributed by atoms with Gasteiger partial charge in [-0.1, -0.05) is 23.0 Å². The summed E-state index contributed by atoms with van der Waals surface area (Å²) in [4.78, 5) is 53.0. The van der Waals surface area contributed by atoms with Crippen LogP contribution in [0, 0.1) is 10.1 Å². The van der Waals surface area contributed by atoms with Crippen LogP contribution in [-0.4, -0.2) is 98.2 Å². The number of β-lactam (4-membered cyclic amide) rings is 1. The first-order valence-corrected chi connectivity index (χ1v) is 16.3. The van der Waals surface area contributed by atoms with Crippen molar-refractivity contribution in [3.05, 3.63) is 79.4 Å². The number of nitro benzene ring substituents is 1. The molecule has 1 saturated heterocycles. The lowest BCUT2D eigenvalue weighted by Gasteiger charge is -2.56. The van der Waals surface area contributed by atoms with Crippen molar-refractivity contribution >= 4 is 58.3 Å². The van der Waals surface area contributed by atoms with Gasteiger partial charge in [0.25, 0.3) is 17.3 Å². The van der Waals surface area contributed by atoms with Crippen LogP contribution < -0.4 is 5.32 Å². The van der Waals surface area contributed by atoms with E-state index in [1.807, 2.05) is 17.5 Å². The van der Waals surface area contributed by atoms with Crippen molar-refractivity contribution in [3.8, 4) is 0 Å². The number of nitro groups is 1. The predicted octanol–water partition coefficient (Wildman–Crippen LogP) is 0.910. The number of carbonyl (C=O) groups excluding carboxylic acids is 3. The molecule has 0 aliphatic carbocycles. The number of hydrogen-bond acceptors (Lipinski definition) is 16. The van der Waals surface area contributed by atoms with Crippen molar-refractivity contribution in [1.82, 2.24) is 51.0 Å². The van der Waals surface area contributed by atoms with Crippen molar-refractivity contribution in [2.75, 3.05) is 18.6 Å². The number of non-ortho nitro benzene ring substituents is 1. The van der Waals surface area contributed by atoms with Crippen LogP contribution in [0.15, 0.2) is 58.2 Å². The molecule has 0 saturated carbocycles. The maximum absolute atomic E-state index is 13.8. The van der Waals surface area contributed by atoms with Crippen LogP contribution in [0.4, 0.5) is 5.69 Å². The Morgan fingerprint density at radius 2 is 2.09 bits per heavy atom. The molecule has 2 aliphatic rings. The highest BCUT2D eigenvalue weighted by molar-refractivity contribution is 8.01. The third-order valence-corrected chi connectivity index (χ3v) is 10.2. The van der Waals surface area contributed by atoms with Crippen LogP contribution in [0.25, 0.3) is 0 Å². The van der Waals surface area contributed by atoms with Gasteiger partial charge in [-0.25, -0.2) is 9.48 Å². The molecule has 2 atom stereocenters. The molecule has 1 aromatic carbocycles. The SMILES string of the molecule is COC1(NC(=O)Cc2cccs2)C(=O)N2C(C(=O)OCc3ccc([N+](=O)[O-])cc3)=C(CSc3nnnn3Cc3nn[nH]n3)CSC21. The minimum atomic E-state index is -1.68. The van der Waals surface area contributed by atoms with E-state index in [9.17, 15) is 24.5 Å². The second-order valence-corrected chi connectivity index (χ2v) is 12.8. The first-order valence-electron chi connectivity index (χ1n) is 13.4. The highest BCUT2D eigenvalue weighted by atomic mass is 32.2. The van der Waals surface area contributed by atoms with E-state index in [0.717, 1.165) is 4.88 Å². The first kappa shape index (κ1) is 31.3. The lowest BCUT2D eigenvalue weighted by atomic mass is 9.98. The summed E-state index contributed by atoms with van der Waals surface area (Å²) in [5.41, 5.74) is -0.692. The number of methoxy groups -OCH3 is 1. The highest BCUT2D eigenvalue weighted by Gasteiger charge is 2.66. The van der Waals surface area contributed by atoms with Gasteiger partial charge in [0.15, 0.2) is 5.82 Å². The number of tetrazole rings is 2. The van der Waals surface area contributed by atoms with Crippen molar-refractivity contribution in [3.63, 3.8) is 0 Å². The number of carbonyl (C=O) groups is 3. The summed E-state index contributed by atoms with van der Waals surface area (Å²) in [7, 11) is 1.33. The van der Waals surface area contributed by atoms with Crippen LogP contribution in [0.5, 0.6) is 0 Å². The number of H-pyrrole nitrogens is 1. The zero-order chi connectivity index (χ0) is 32.3. The van der Waals surface area contributed by atoms with E-state index < -0.39 is 33.8 Å². The van der Waals surface area contributed by atoms with Gasteiger partial charge < -0.3 is 14.8 Å². The van der Waals surface area contributed by atoms with Gasteiger partial charge in [0, 0.05) is 35.6 Å². The van der Waals surface area contributed by atoms with E-state index in [-0.39, 0.29) is 36.7 Å². The number of fused-ring (bicyclic) bond motifs is 1. The molecule has 0 bridgehead atoms. The second-order valence-electron chi connectivity index (χ2n) is 9.77. The van der Waals surface area contributed by atoms with Gasteiger partial charge in [0.05, 0.1) is 11.3 Å². The average molecular weight is 686 g/mol. The van der Waals surface area contributed by atoms with Gasteiger partial charge in [-0.15, -0.1) is 38.4 Å². The Hall–Kier alpha value is -4.73. The average Bonchev–Trinajstić information content (AvgIpc) is 3.86. The monoisotopic (exact) mass is 685 g/mol. The number of hydrogen-bond donors (Lipinski definition) is 2. The van der Waals surface area contributed by atoms with Crippen LogP contribution >= 0.6 is 34.9 Å². The van der Waals surface area contributed by atoms with E-state index in [2.05, 4.69) is 41.5 Å². The Labute approximate surface area is 271 Å². The lowest BCUT2D eigenvalue weighted by molar-refractivity contribution is -0.384. The smallest absolute Gasteiger partial charge is 0.355 e. The molecule has 2 aliphatic heterocycles. The first-order chi connectivity index (χ1) is 22.3. The number of thioether (sulfide) groups is 2. The molecule has 18 nitrogen and oxygen atoms in total. The summed E-state index contributed by atoms with van der Waals surface area (Å²) in [6.45, 7) is -0.0471. The third-order valence-electron chi connectivity index (χ3n) is 6.94. The van der Waals surface area contributed by atoms with E-state index in [0.29, 0.717) is 27.9 Å². The molecular weight excluding hydrogens is 663 g/mol. The Kier molecular flexibility index (Phi) is 9.05. The fraction of sp³-hybridized carbons (Fsp3) is 0.320. The van der Waals surface area contributed by atoms with Gasteiger partial charge >= 0.3 is 5.97 Å². The predicted molar refractivity (Wildman–Crippen MR) is 161 cm³/mol. The largest absolute Gasteiger partial charge is 0.456 e. The van der Waals surface area contributed by atoms with E-state index >= 15 is 0 Å². The molecule has 5 heterocycles. The Morgan fingerprint density at radius 1 is 1.26 bits per heavy atom. The van der Waals surface area contributed by atoms with Crippen LogP contribution in [-0.2, 0) is 43.4 Å². The lowest BCUT2D eigenvalue weighted by Crippen LogP contribution is -2.80. The zero-order valence-corrected chi connectivity index (χ0v) is 26.2. The molecule has 0 radical (unpaired) electrons. The number of nitrogens with one attached hydrogen (secondary N) is 2. The number of aromatic amines is 1. The quantitative estimate of drug-likeness (QED) is 0.0498. The molecule has 3 aromatic heterocycles. The van der Waals surface area contributed by atoms with Crippen molar-refractivity contribution in [2.45, 2.75) is 35.8 Å².